The molecule has 1 saturated heterocycles. The molecular formula is C17H24N4O2S. The van der Waals surface area contributed by atoms with E-state index in [9.17, 15) is 4.79 Å². The monoisotopic (exact) mass is 348 g/mol. The molecule has 24 heavy (non-hydrogen) atoms. The van der Waals surface area contributed by atoms with Crippen LogP contribution in [0.4, 0.5) is 4.79 Å². The Morgan fingerprint density at radius 2 is 2.33 bits per heavy atom. The van der Waals surface area contributed by atoms with Crippen molar-refractivity contribution in [2.45, 2.75) is 26.4 Å². The topological polar surface area (TPSA) is 59.4 Å². The van der Waals surface area contributed by atoms with Crippen molar-refractivity contribution in [3.63, 3.8) is 0 Å². The van der Waals surface area contributed by atoms with Crippen LogP contribution in [0.2, 0.25) is 0 Å². The highest BCUT2D eigenvalue weighted by Crippen LogP contribution is 2.26. The number of nitrogens with one attached hydrogen (secondary N) is 1. The molecule has 2 amide bonds. The molecule has 0 spiro atoms. The van der Waals surface area contributed by atoms with E-state index in [0.717, 1.165) is 17.8 Å². The van der Waals surface area contributed by atoms with Crippen LogP contribution in [0.5, 0.6) is 0 Å². The van der Waals surface area contributed by atoms with Crippen LogP contribution in [0.15, 0.2) is 17.5 Å². The van der Waals surface area contributed by atoms with Crippen molar-refractivity contribution >= 4 is 17.4 Å². The number of morpholine rings is 1. The van der Waals surface area contributed by atoms with E-state index < -0.39 is 0 Å². The Morgan fingerprint density at radius 1 is 1.50 bits per heavy atom. The fourth-order valence-corrected chi connectivity index (χ4v) is 3.83. The summed E-state index contributed by atoms with van der Waals surface area (Å²) in [6.07, 6.45) is 0.794. The Labute approximate surface area is 146 Å². The van der Waals surface area contributed by atoms with Crippen molar-refractivity contribution < 1.29 is 9.53 Å². The smallest absolute Gasteiger partial charge is 0.317 e. The highest BCUT2D eigenvalue weighted by molar-refractivity contribution is 7.10. The molecule has 3 heterocycles. The van der Waals surface area contributed by atoms with E-state index in [0.29, 0.717) is 26.2 Å². The average molecular weight is 348 g/mol. The summed E-state index contributed by atoms with van der Waals surface area (Å²) in [6.45, 7) is 6.52. The summed E-state index contributed by atoms with van der Waals surface area (Å²) in [7, 11) is 1.95. The molecule has 2 aromatic heterocycles. The molecule has 2 aromatic rings. The quantitative estimate of drug-likeness (QED) is 0.923. The zero-order chi connectivity index (χ0) is 17.1. The molecule has 0 aliphatic carbocycles. The van der Waals surface area contributed by atoms with Crippen LogP contribution in [0.1, 0.15) is 27.9 Å². The summed E-state index contributed by atoms with van der Waals surface area (Å²) < 4.78 is 7.68. The minimum absolute atomic E-state index is 0.00712. The van der Waals surface area contributed by atoms with Crippen LogP contribution < -0.4 is 5.32 Å². The van der Waals surface area contributed by atoms with Gasteiger partial charge in [-0.2, -0.15) is 5.10 Å². The third-order valence-electron chi connectivity index (χ3n) is 4.52. The summed E-state index contributed by atoms with van der Waals surface area (Å²) in [5, 5.41) is 9.48. The fourth-order valence-electron chi connectivity index (χ4n) is 3.07. The van der Waals surface area contributed by atoms with Crippen LogP contribution in [-0.2, 0) is 18.2 Å². The van der Waals surface area contributed by atoms with Crippen molar-refractivity contribution in [1.82, 2.24) is 20.0 Å². The van der Waals surface area contributed by atoms with Crippen molar-refractivity contribution in [2.75, 3.05) is 26.2 Å². The van der Waals surface area contributed by atoms with Crippen LogP contribution in [-0.4, -0.2) is 47.0 Å². The van der Waals surface area contributed by atoms with E-state index in [4.69, 9.17) is 4.74 Å². The molecule has 1 unspecified atom stereocenters. The molecule has 7 heteroatoms. The van der Waals surface area contributed by atoms with Crippen LogP contribution in [0, 0.1) is 13.8 Å². The number of carbonyl (C=O) groups is 1. The second kappa shape index (κ2) is 7.36. The van der Waals surface area contributed by atoms with Gasteiger partial charge in [0.05, 0.1) is 18.8 Å². The van der Waals surface area contributed by atoms with Crippen LogP contribution in [0.25, 0.3) is 0 Å². The van der Waals surface area contributed by atoms with Gasteiger partial charge in [0, 0.05) is 30.7 Å². The Bertz CT molecular complexity index is 696. The highest BCUT2D eigenvalue weighted by atomic mass is 32.1. The van der Waals surface area contributed by atoms with E-state index >= 15 is 0 Å². The Balaban J connectivity index is 1.51. The van der Waals surface area contributed by atoms with Crippen molar-refractivity contribution in [1.29, 1.82) is 0 Å². The molecule has 3 rings (SSSR count). The van der Waals surface area contributed by atoms with E-state index in [-0.39, 0.29) is 12.1 Å². The lowest BCUT2D eigenvalue weighted by atomic mass is 10.1. The number of amides is 2. The fraction of sp³-hybridized carbons (Fsp3) is 0.529. The number of ether oxygens (including phenoxy) is 1. The summed E-state index contributed by atoms with van der Waals surface area (Å²) in [5.74, 6) is 0. The summed E-state index contributed by atoms with van der Waals surface area (Å²) in [6, 6.07) is 4.06. The number of carbonyl (C=O) groups excluding carboxylic acids is 1. The predicted molar refractivity (Wildman–Crippen MR) is 94.4 cm³/mol. The van der Waals surface area contributed by atoms with Gasteiger partial charge in [-0.15, -0.1) is 11.3 Å². The number of thiophene rings is 1. The van der Waals surface area contributed by atoms with Crippen molar-refractivity contribution in [2.24, 2.45) is 7.05 Å². The minimum atomic E-state index is -0.0148. The number of hydrogen-bond donors (Lipinski definition) is 1. The first-order valence-corrected chi connectivity index (χ1v) is 9.11. The maximum atomic E-state index is 12.4. The molecule has 0 saturated carbocycles. The predicted octanol–water partition coefficient (Wildman–Crippen LogP) is 2.42. The molecule has 1 N–H and O–H groups in total. The van der Waals surface area contributed by atoms with Crippen molar-refractivity contribution in [3.8, 4) is 0 Å². The normalized spacial score (nSPS) is 18.0. The van der Waals surface area contributed by atoms with Gasteiger partial charge in [0.1, 0.15) is 6.10 Å². The minimum Gasteiger partial charge on any atom is -0.369 e. The van der Waals surface area contributed by atoms with E-state index in [1.807, 2.05) is 35.0 Å². The maximum absolute atomic E-state index is 12.4. The molecule has 1 atom stereocenters. The van der Waals surface area contributed by atoms with E-state index in [1.165, 1.54) is 10.4 Å². The second-order valence-electron chi connectivity index (χ2n) is 6.08. The summed E-state index contributed by atoms with van der Waals surface area (Å²) in [5.41, 5.74) is 3.41. The molecular weight excluding hydrogens is 324 g/mol. The molecule has 1 aliphatic heterocycles. The third kappa shape index (κ3) is 3.62. The van der Waals surface area contributed by atoms with Gasteiger partial charge in [0.25, 0.3) is 0 Å². The first kappa shape index (κ1) is 17.0. The number of urea groups is 1. The van der Waals surface area contributed by atoms with Gasteiger partial charge >= 0.3 is 6.03 Å². The number of rotatable bonds is 4. The van der Waals surface area contributed by atoms with Gasteiger partial charge in [-0.05, 0) is 37.3 Å². The molecule has 0 bridgehead atoms. The molecule has 0 aromatic carbocycles. The lowest BCUT2D eigenvalue weighted by Gasteiger charge is -2.32. The standard InChI is InChI=1S/C17H24N4O2S/c1-12-14(13(2)20(3)19-12)6-7-18-17(22)21-8-9-23-15(11-21)16-5-4-10-24-16/h4-5,10,15H,6-9,11H2,1-3H3,(H,18,22). The lowest BCUT2D eigenvalue weighted by Crippen LogP contribution is -2.47. The number of nitrogens with zero attached hydrogens (tertiary/aromatic N) is 3. The van der Waals surface area contributed by atoms with Crippen molar-refractivity contribution in [3.05, 3.63) is 39.3 Å². The number of aromatic nitrogens is 2. The van der Waals surface area contributed by atoms with Crippen LogP contribution >= 0.6 is 11.3 Å². The molecule has 6 nitrogen and oxygen atoms in total. The SMILES string of the molecule is Cc1nn(C)c(C)c1CCNC(=O)N1CCOC(c2cccs2)C1. The van der Waals surface area contributed by atoms with E-state index in [2.05, 4.69) is 23.4 Å². The van der Waals surface area contributed by atoms with Gasteiger partial charge < -0.3 is 15.0 Å². The van der Waals surface area contributed by atoms with Gasteiger partial charge in [0.15, 0.2) is 0 Å². The Kier molecular flexibility index (Phi) is 5.20. The molecule has 1 aliphatic rings. The Hall–Kier alpha value is -1.86. The zero-order valence-corrected chi connectivity index (χ0v) is 15.2. The van der Waals surface area contributed by atoms with E-state index in [1.54, 1.807) is 11.3 Å². The van der Waals surface area contributed by atoms with Gasteiger partial charge in [-0.25, -0.2) is 4.79 Å². The maximum Gasteiger partial charge on any atom is 0.317 e. The largest absolute Gasteiger partial charge is 0.369 e. The van der Waals surface area contributed by atoms with Gasteiger partial charge in [-0.3, -0.25) is 4.68 Å². The average Bonchev–Trinajstić information content (AvgIpc) is 3.19. The number of hydrogen-bond acceptors (Lipinski definition) is 4. The Morgan fingerprint density at radius 3 is 3.00 bits per heavy atom. The van der Waals surface area contributed by atoms with Gasteiger partial charge in [0.2, 0.25) is 0 Å². The summed E-state index contributed by atoms with van der Waals surface area (Å²) >= 11 is 1.67. The summed E-state index contributed by atoms with van der Waals surface area (Å²) in [4.78, 5) is 15.4. The van der Waals surface area contributed by atoms with Crippen LogP contribution in [0.3, 0.4) is 0 Å². The highest BCUT2D eigenvalue weighted by Gasteiger charge is 2.25. The first-order valence-electron chi connectivity index (χ1n) is 8.23. The molecule has 1 fully saturated rings. The molecule has 0 radical (unpaired) electrons. The lowest BCUT2D eigenvalue weighted by molar-refractivity contribution is -0.0135. The second-order valence-corrected chi connectivity index (χ2v) is 7.06. The first-order chi connectivity index (χ1) is 11.6. The zero-order valence-electron chi connectivity index (χ0n) is 14.4. The molecule has 130 valence electrons. The van der Waals surface area contributed by atoms with Gasteiger partial charge in [-0.1, -0.05) is 6.07 Å². The third-order valence-corrected chi connectivity index (χ3v) is 5.49. The number of aryl methyl sites for hydroxylation is 2.